The van der Waals surface area contributed by atoms with Crippen molar-refractivity contribution >= 4 is 17.3 Å². The van der Waals surface area contributed by atoms with Crippen LogP contribution in [0.1, 0.15) is 29.5 Å². The molecule has 1 aromatic heterocycles. The predicted octanol–water partition coefficient (Wildman–Crippen LogP) is 2.94. The summed E-state index contributed by atoms with van der Waals surface area (Å²) >= 11 is 1.72. The number of benzene rings is 1. The standard InChI is InChI=1S/C16H18N2O3S/c19-15(20)11-21-13-5-3-12(4-6-13)10-18-8-1-2-14(18)16-17-7-9-22-16/h3-7,9,14H,1-2,8,10-11H2,(H,19,20)/t14-/m0/s1. The predicted molar refractivity (Wildman–Crippen MR) is 84.1 cm³/mol. The number of carboxylic acid groups (broad SMARTS) is 1. The zero-order valence-electron chi connectivity index (χ0n) is 12.1. The highest BCUT2D eigenvalue weighted by Gasteiger charge is 2.27. The highest BCUT2D eigenvalue weighted by atomic mass is 32.1. The fraction of sp³-hybridized carbons (Fsp3) is 0.375. The number of nitrogens with zero attached hydrogens (tertiary/aromatic N) is 2. The van der Waals surface area contributed by atoms with Crippen molar-refractivity contribution in [3.8, 4) is 5.75 Å². The molecule has 0 aliphatic carbocycles. The fourth-order valence-corrected chi connectivity index (χ4v) is 3.57. The monoisotopic (exact) mass is 318 g/mol. The Morgan fingerprint density at radius 1 is 1.41 bits per heavy atom. The molecular weight excluding hydrogens is 300 g/mol. The van der Waals surface area contributed by atoms with Crippen molar-refractivity contribution in [2.75, 3.05) is 13.2 Å². The molecule has 0 bridgehead atoms. The number of thiazole rings is 1. The maximum atomic E-state index is 10.5. The van der Waals surface area contributed by atoms with E-state index in [-0.39, 0.29) is 6.61 Å². The van der Waals surface area contributed by atoms with E-state index in [1.807, 2.05) is 35.8 Å². The van der Waals surface area contributed by atoms with E-state index in [4.69, 9.17) is 9.84 Å². The highest BCUT2D eigenvalue weighted by molar-refractivity contribution is 7.09. The molecule has 0 unspecified atom stereocenters. The molecule has 0 amide bonds. The van der Waals surface area contributed by atoms with Gasteiger partial charge >= 0.3 is 5.97 Å². The average Bonchev–Trinajstić information content (AvgIpc) is 3.17. The maximum absolute atomic E-state index is 10.5. The van der Waals surface area contributed by atoms with Crippen molar-refractivity contribution in [2.24, 2.45) is 0 Å². The lowest BCUT2D eigenvalue weighted by Crippen LogP contribution is -2.22. The molecule has 1 atom stereocenters. The molecule has 22 heavy (non-hydrogen) atoms. The first-order chi connectivity index (χ1) is 10.7. The van der Waals surface area contributed by atoms with Crippen LogP contribution in [0.3, 0.4) is 0 Å². The van der Waals surface area contributed by atoms with Crippen LogP contribution in [0.5, 0.6) is 5.75 Å². The molecule has 3 rings (SSSR count). The molecule has 5 nitrogen and oxygen atoms in total. The van der Waals surface area contributed by atoms with Crippen LogP contribution in [-0.4, -0.2) is 34.1 Å². The van der Waals surface area contributed by atoms with Crippen molar-refractivity contribution in [3.63, 3.8) is 0 Å². The molecule has 2 heterocycles. The number of carbonyl (C=O) groups is 1. The second-order valence-electron chi connectivity index (χ2n) is 5.33. The lowest BCUT2D eigenvalue weighted by Gasteiger charge is -2.22. The van der Waals surface area contributed by atoms with Crippen molar-refractivity contribution in [2.45, 2.75) is 25.4 Å². The quantitative estimate of drug-likeness (QED) is 0.887. The number of aliphatic carboxylic acids is 1. The van der Waals surface area contributed by atoms with E-state index in [2.05, 4.69) is 9.88 Å². The van der Waals surface area contributed by atoms with Crippen molar-refractivity contribution in [1.82, 2.24) is 9.88 Å². The van der Waals surface area contributed by atoms with E-state index in [9.17, 15) is 4.79 Å². The van der Waals surface area contributed by atoms with Gasteiger partial charge < -0.3 is 9.84 Å². The second-order valence-corrected chi connectivity index (χ2v) is 6.25. The van der Waals surface area contributed by atoms with Crippen molar-refractivity contribution in [3.05, 3.63) is 46.4 Å². The third kappa shape index (κ3) is 3.64. The summed E-state index contributed by atoms with van der Waals surface area (Å²) in [6, 6.07) is 8.06. The summed E-state index contributed by atoms with van der Waals surface area (Å²) in [6.07, 6.45) is 4.22. The van der Waals surface area contributed by atoms with Gasteiger partial charge in [0.05, 0.1) is 6.04 Å². The van der Waals surface area contributed by atoms with Crippen LogP contribution >= 0.6 is 11.3 Å². The molecule has 1 aliphatic heterocycles. The molecular formula is C16H18N2O3S. The molecule has 1 aromatic carbocycles. The minimum atomic E-state index is -0.965. The molecule has 0 spiro atoms. The number of hydrogen-bond acceptors (Lipinski definition) is 5. The van der Waals surface area contributed by atoms with E-state index in [0.29, 0.717) is 11.8 Å². The summed E-state index contributed by atoms with van der Waals surface area (Å²) in [7, 11) is 0. The molecule has 116 valence electrons. The summed E-state index contributed by atoms with van der Waals surface area (Å²) in [6.45, 7) is 1.66. The van der Waals surface area contributed by atoms with E-state index >= 15 is 0 Å². The van der Waals surface area contributed by atoms with E-state index in [0.717, 1.165) is 19.5 Å². The minimum Gasteiger partial charge on any atom is -0.482 e. The summed E-state index contributed by atoms with van der Waals surface area (Å²) in [5.74, 6) is -0.378. The maximum Gasteiger partial charge on any atom is 0.341 e. The molecule has 1 saturated heterocycles. The number of rotatable bonds is 6. The Bertz CT molecular complexity index is 613. The topological polar surface area (TPSA) is 62.7 Å². The van der Waals surface area contributed by atoms with Crippen molar-refractivity contribution < 1.29 is 14.6 Å². The normalized spacial score (nSPS) is 18.5. The third-order valence-corrected chi connectivity index (χ3v) is 4.65. The molecule has 0 saturated carbocycles. The first kappa shape index (κ1) is 15.0. The van der Waals surface area contributed by atoms with Gasteiger partial charge in [0.25, 0.3) is 0 Å². The Morgan fingerprint density at radius 2 is 2.23 bits per heavy atom. The molecule has 1 N–H and O–H groups in total. The summed E-state index contributed by atoms with van der Waals surface area (Å²) in [5.41, 5.74) is 1.20. The van der Waals surface area contributed by atoms with Crippen LogP contribution in [0.4, 0.5) is 0 Å². The van der Waals surface area contributed by atoms with E-state index in [1.54, 1.807) is 11.3 Å². The number of carboxylic acids is 1. The Balaban J connectivity index is 1.61. The van der Waals surface area contributed by atoms with Crippen molar-refractivity contribution in [1.29, 1.82) is 0 Å². The average molecular weight is 318 g/mol. The smallest absolute Gasteiger partial charge is 0.341 e. The van der Waals surface area contributed by atoms with Gasteiger partial charge in [-0.25, -0.2) is 9.78 Å². The minimum absolute atomic E-state index is 0.308. The second kappa shape index (κ2) is 6.89. The zero-order chi connectivity index (χ0) is 15.4. The summed E-state index contributed by atoms with van der Waals surface area (Å²) in [4.78, 5) is 17.4. The number of ether oxygens (including phenoxy) is 1. The Hall–Kier alpha value is -1.92. The highest BCUT2D eigenvalue weighted by Crippen LogP contribution is 2.34. The van der Waals surface area contributed by atoms with Gasteiger partial charge in [-0.05, 0) is 37.1 Å². The van der Waals surface area contributed by atoms with Gasteiger partial charge in [0.15, 0.2) is 6.61 Å². The SMILES string of the molecule is O=C(O)COc1ccc(CN2CCC[C@H]2c2nccs2)cc1. The van der Waals surface area contributed by atoms with Gasteiger partial charge in [0.1, 0.15) is 10.8 Å². The van der Waals surface area contributed by atoms with Crippen LogP contribution in [0.15, 0.2) is 35.8 Å². The van der Waals surface area contributed by atoms with Gasteiger partial charge in [-0.1, -0.05) is 12.1 Å². The van der Waals surface area contributed by atoms with Gasteiger partial charge in [-0.3, -0.25) is 4.90 Å². The lowest BCUT2D eigenvalue weighted by molar-refractivity contribution is -0.139. The van der Waals surface area contributed by atoms with E-state index in [1.165, 1.54) is 17.0 Å². The molecule has 1 fully saturated rings. The Kier molecular flexibility index (Phi) is 4.70. The van der Waals surface area contributed by atoms with Crippen LogP contribution in [-0.2, 0) is 11.3 Å². The molecule has 1 aliphatic rings. The lowest BCUT2D eigenvalue weighted by atomic mass is 10.2. The van der Waals surface area contributed by atoms with Gasteiger partial charge in [0.2, 0.25) is 0 Å². The Morgan fingerprint density at radius 3 is 2.91 bits per heavy atom. The van der Waals surface area contributed by atoms with Crippen LogP contribution in [0, 0.1) is 0 Å². The number of aromatic nitrogens is 1. The summed E-state index contributed by atoms with van der Waals surface area (Å²) in [5, 5.41) is 11.8. The fourth-order valence-electron chi connectivity index (χ4n) is 2.76. The first-order valence-corrected chi connectivity index (χ1v) is 8.17. The molecule has 0 radical (unpaired) electrons. The van der Waals surface area contributed by atoms with Crippen LogP contribution < -0.4 is 4.74 Å². The third-order valence-electron chi connectivity index (χ3n) is 3.77. The van der Waals surface area contributed by atoms with E-state index < -0.39 is 5.97 Å². The Labute approximate surface area is 133 Å². The van der Waals surface area contributed by atoms with Crippen LogP contribution in [0.25, 0.3) is 0 Å². The first-order valence-electron chi connectivity index (χ1n) is 7.29. The molecule has 2 aromatic rings. The van der Waals surface area contributed by atoms with Gasteiger partial charge in [-0.15, -0.1) is 11.3 Å². The molecule has 6 heteroatoms. The van der Waals surface area contributed by atoms with Gasteiger partial charge in [0, 0.05) is 18.1 Å². The summed E-state index contributed by atoms with van der Waals surface area (Å²) < 4.78 is 5.15. The largest absolute Gasteiger partial charge is 0.482 e. The van der Waals surface area contributed by atoms with Gasteiger partial charge in [-0.2, -0.15) is 0 Å². The zero-order valence-corrected chi connectivity index (χ0v) is 13.0. The number of hydrogen-bond donors (Lipinski definition) is 1. The van der Waals surface area contributed by atoms with Crippen LogP contribution in [0.2, 0.25) is 0 Å². The number of likely N-dealkylation sites (tertiary alicyclic amines) is 1.